The minimum absolute atomic E-state index is 0.161. The highest BCUT2D eigenvalue weighted by Gasteiger charge is 2.23. The maximum absolute atomic E-state index is 12.4. The van der Waals surface area contributed by atoms with Crippen molar-refractivity contribution in [2.45, 2.75) is 25.4 Å². The molecule has 6 nitrogen and oxygen atoms in total. The standard InChI is InChI=1S/C21H21N3O3S/c25-20(22-11-10-19-24-16-7-1-2-9-18(16)28-19)14-5-3-6-15(13-14)23-21(26)17-8-4-12-27-17/h1-3,5-7,9,13,17H,4,8,10-12H2,(H,22,25)(H,23,26). The Morgan fingerprint density at radius 1 is 1.18 bits per heavy atom. The van der Waals surface area contributed by atoms with E-state index in [9.17, 15) is 9.59 Å². The van der Waals surface area contributed by atoms with E-state index in [1.165, 1.54) is 0 Å². The fraction of sp³-hybridized carbons (Fsp3) is 0.286. The molecule has 2 aromatic carbocycles. The third-order valence-corrected chi connectivity index (χ3v) is 5.67. The summed E-state index contributed by atoms with van der Waals surface area (Å²) in [5, 5.41) is 6.74. The topological polar surface area (TPSA) is 80.3 Å². The third-order valence-electron chi connectivity index (χ3n) is 4.58. The molecule has 1 unspecified atom stereocenters. The number of hydrogen-bond acceptors (Lipinski definition) is 5. The van der Waals surface area contributed by atoms with E-state index in [2.05, 4.69) is 15.6 Å². The van der Waals surface area contributed by atoms with E-state index in [-0.39, 0.29) is 11.8 Å². The summed E-state index contributed by atoms with van der Waals surface area (Å²) in [6, 6.07) is 14.9. The van der Waals surface area contributed by atoms with Crippen LogP contribution in [0.3, 0.4) is 0 Å². The number of amides is 2. The van der Waals surface area contributed by atoms with Gasteiger partial charge in [-0.15, -0.1) is 11.3 Å². The van der Waals surface area contributed by atoms with E-state index in [4.69, 9.17) is 4.74 Å². The lowest BCUT2D eigenvalue weighted by molar-refractivity contribution is -0.124. The molecule has 2 amide bonds. The first-order valence-corrected chi connectivity index (χ1v) is 10.2. The smallest absolute Gasteiger partial charge is 0.253 e. The fourth-order valence-electron chi connectivity index (χ4n) is 3.16. The monoisotopic (exact) mass is 395 g/mol. The number of aromatic nitrogens is 1. The molecule has 1 aliphatic rings. The maximum Gasteiger partial charge on any atom is 0.253 e. The van der Waals surface area contributed by atoms with Gasteiger partial charge in [0.15, 0.2) is 0 Å². The molecule has 3 aromatic rings. The zero-order valence-electron chi connectivity index (χ0n) is 15.3. The van der Waals surface area contributed by atoms with Gasteiger partial charge in [0.25, 0.3) is 11.8 Å². The minimum Gasteiger partial charge on any atom is -0.368 e. The molecule has 144 valence electrons. The summed E-state index contributed by atoms with van der Waals surface area (Å²) in [7, 11) is 0. The second-order valence-corrected chi connectivity index (χ2v) is 7.77. The van der Waals surface area contributed by atoms with Crippen molar-refractivity contribution in [1.82, 2.24) is 10.3 Å². The first kappa shape index (κ1) is 18.6. The van der Waals surface area contributed by atoms with E-state index in [0.717, 1.165) is 28.1 Å². The summed E-state index contributed by atoms with van der Waals surface area (Å²) in [5.74, 6) is -0.333. The number of fused-ring (bicyclic) bond motifs is 1. The Kier molecular flexibility index (Phi) is 5.64. The van der Waals surface area contributed by atoms with Crippen LogP contribution < -0.4 is 10.6 Å². The summed E-state index contributed by atoms with van der Waals surface area (Å²) >= 11 is 1.64. The number of carbonyl (C=O) groups excluding carboxylic acids is 2. The van der Waals surface area contributed by atoms with Gasteiger partial charge in [0, 0.05) is 30.8 Å². The lowest BCUT2D eigenvalue weighted by Gasteiger charge is -2.11. The molecule has 28 heavy (non-hydrogen) atoms. The van der Waals surface area contributed by atoms with Crippen LogP contribution in [0.5, 0.6) is 0 Å². The van der Waals surface area contributed by atoms with Gasteiger partial charge in [0.1, 0.15) is 6.10 Å². The Morgan fingerprint density at radius 3 is 2.89 bits per heavy atom. The summed E-state index contributed by atoms with van der Waals surface area (Å²) in [6.45, 7) is 1.13. The molecule has 1 fully saturated rings. The maximum atomic E-state index is 12.4. The first-order chi connectivity index (χ1) is 13.7. The number of nitrogens with one attached hydrogen (secondary N) is 2. The van der Waals surface area contributed by atoms with Crippen molar-refractivity contribution in [3.63, 3.8) is 0 Å². The number of carbonyl (C=O) groups is 2. The molecule has 1 atom stereocenters. The SMILES string of the molecule is O=C(NCCc1nc2ccccc2s1)c1cccc(NC(=O)C2CCCO2)c1. The summed E-state index contributed by atoms with van der Waals surface area (Å²) in [6.07, 6.45) is 1.92. The summed E-state index contributed by atoms with van der Waals surface area (Å²) < 4.78 is 6.54. The molecular formula is C21H21N3O3S. The van der Waals surface area contributed by atoms with Crippen LogP contribution in [0.2, 0.25) is 0 Å². The summed E-state index contributed by atoms with van der Waals surface area (Å²) in [5.41, 5.74) is 2.09. The van der Waals surface area contributed by atoms with E-state index in [0.29, 0.717) is 30.8 Å². The second-order valence-electron chi connectivity index (χ2n) is 6.65. The number of thiazole rings is 1. The number of rotatable bonds is 6. The van der Waals surface area contributed by atoms with Crippen molar-refractivity contribution in [1.29, 1.82) is 0 Å². The van der Waals surface area contributed by atoms with Crippen molar-refractivity contribution >= 4 is 39.1 Å². The molecule has 1 aromatic heterocycles. The Balaban J connectivity index is 1.32. The molecule has 0 spiro atoms. The van der Waals surface area contributed by atoms with Crippen LogP contribution in [0.1, 0.15) is 28.2 Å². The van der Waals surface area contributed by atoms with Gasteiger partial charge in [-0.3, -0.25) is 9.59 Å². The molecule has 0 saturated carbocycles. The molecule has 1 saturated heterocycles. The molecule has 0 radical (unpaired) electrons. The van der Waals surface area contributed by atoms with Crippen molar-refractivity contribution in [3.05, 3.63) is 59.1 Å². The largest absolute Gasteiger partial charge is 0.368 e. The molecule has 1 aliphatic heterocycles. The Labute approximate surface area is 166 Å². The molecular weight excluding hydrogens is 374 g/mol. The lowest BCUT2D eigenvalue weighted by atomic mass is 10.1. The Morgan fingerprint density at radius 2 is 2.07 bits per heavy atom. The quantitative estimate of drug-likeness (QED) is 0.670. The number of para-hydroxylation sites is 1. The van der Waals surface area contributed by atoms with Crippen LogP contribution in [0.25, 0.3) is 10.2 Å². The van der Waals surface area contributed by atoms with Gasteiger partial charge in [-0.2, -0.15) is 0 Å². The van der Waals surface area contributed by atoms with Crippen molar-refractivity contribution in [2.75, 3.05) is 18.5 Å². The van der Waals surface area contributed by atoms with E-state index >= 15 is 0 Å². The molecule has 0 aliphatic carbocycles. The van der Waals surface area contributed by atoms with Crippen LogP contribution in [-0.2, 0) is 16.0 Å². The fourth-order valence-corrected chi connectivity index (χ4v) is 4.12. The van der Waals surface area contributed by atoms with Gasteiger partial charge >= 0.3 is 0 Å². The van der Waals surface area contributed by atoms with Crippen molar-refractivity contribution in [2.24, 2.45) is 0 Å². The lowest BCUT2D eigenvalue weighted by Crippen LogP contribution is -2.28. The third kappa shape index (κ3) is 4.37. The number of hydrogen-bond donors (Lipinski definition) is 2. The van der Waals surface area contributed by atoms with Gasteiger partial charge in [-0.25, -0.2) is 4.98 Å². The Hall–Kier alpha value is -2.77. The highest BCUT2D eigenvalue weighted by molar-refractivity contribution is 7.18. The van der Waals surface area contributed by atoms with Crippen molar-refractivity contribution in [3.8, 4) is 0 Å². The Bertz CT molecular complexity index is 962. The van der Waals surface area contributed by atoms with Crippen LogP contribution in [-0.4, -0.2) is 36.1 Å². The molecule has 4 rings (SSSR count). The van der Waals surface area contributed by atoms with Crippen LogP contribution in [0, 0.1) is 0 Å². The molecule has 0 bridgehead atoms. The predicted molar refractivity (Wildman–Crippen MR) is 110 cm³/mol. The van der Waals surface area contributed by atoms with E-state index < -0.39 is 6.10 Å². The molecule has 7 heteroatoms. The average molecular weight is 395 g/mol. The number of nitrogens with zero attached hydrogens (tertiary/aromatic N) is 1. The van der Waals surface area contributed by atoms with Gasteiger partial charge in [0.05, 0.1) is 15.2 Å². The zero-order valence-corrected chi connectivity index (χ0v) is 16.1. The zero-order chi connectivity index (χ0) is 19.3. The average Bonchev–Trinajstić information content (AvgIpc) is 3.37. The summed E-state index contributed by atoms with van der Waals surface area (Å²) in [4.78, 5) is 29.2. The van der Waals surface area contributed by atoms with Gasteiger partial charge in [-0.1, -0.05) is 18.2 Å². The van der Waals surface area contributed by atoms with E-state index in [1.54, 1.807) is 35.6 Å². The molecule has 2 heterocycles. The van der Waals surface area contributed by atoms with Crippen LogP contribution >= 0.6 is 11.3 Å². The highest BCUT2D eigenvalue weighted by atomic mass is 32.1. The van der Waals surface area contributed by atoms with Crippen LogP contribution in [0.15, 0.2) is 48.5 Å². The van der Waals surface area contributed by atoms with Crippen LogP contribution in [0.4, 0.5) is 5.69 Å². The molecule has 2 N–H and O–H groups in total. The first-order valence-electron chi connectivity index (χ1n) is 9.34. The number of benzene rings is 2. The normalized spacial score (nSPS) is 16.2. The predicted octanol–water partition coefficient (Wildman–Crippen LogP) is 3.39. The van der Waals surface area contributed by atoms with Gasteiger partial charge < -0.3 is 15.4 Å². The number of anilines is 1. The number of ether oxygens (including phenoxy) is 1. The highest BCUT2D eigenvalue weighted by Crippen LogP contribution is 2.21. The van der Waals surface area contributed by atoms with Gasteiger partial charge in [-0.05, 0) is 43.2 Å². The second kappa shape index (κ2) is 8.50. The van der Waals surface area contributed by atoms with E-state index in [1.807, 2.05) is 24.3 Å². The minimum atomic E-state index is -0.397. The van der Waals surface area contributed by atoms with Gasteiger partial charge in [0.2, 0.25) is 0 Å². The van der Waals surface area contributed by atoms with Crippen molar-refractivity contribution < 1.29 is 14.3 Å².